The molecule has 1 aliphatic carbocycles. The number of aryl methyl sites for hydroxylation is 1. The number of rotatable bonds is 7. The molecule has 1 amide bonds. The van der Waals surface area contributed by atoms with Crippen molar-refractivity contribution in [3.8, 4) is 11.3 Å². The number of halogens is 3. The number of carbonyl (C=O) groups is 1. The summed E-state index contributed by atoms with van der Waals surface area (Å²) in [6.07, 6.45) is 3.17. The normalized spacial score (nSPS) is 15.5. The fourth-order valence-electron chi connectivity index (χ4n) is 6.07. The summed E-state index contributed by atoms with van der Waals surface area (Å²) in [7, 11) is 1.99. The maximum Gasteiger partial charge on any atom is 0.416 e. The molecule has 0 saturated carbocycles. The van der Waals surface area contributed by atoms with Crippen LogP contribution in [0.2, 0.25) is 0 Å². The van der Waals surface area contributed by atoms with Gasteiger partial charge in [0.05, 0.1) is 23.9 Å². The van der Waals surface area contributed by atoms with Crippen LogP contribution < -0.4 is 16.4 Å². The maximum atomic E-state index is 13.2. The highest BCUT2D eigenvalue weighted by Crippen LogP contribution is 2.38. The van der Waals surface area contributed by atoms with Crippen molar-refractivity contribution in [2.75, 3.05) is 18.1 Å². The second-order valence-electron chi connectivity index (χ2n) is 11.1. The molecule has 3 aromatic carbocycles. The summed E-state index contributed by atoms with van der Waals surface area (Å²) < 4.78 is 41.6. The van der Waals surface area contributed by atoms with Gasteiger partial charge in [-0.3, -0.25) is 9.20 Å². The van der Waals surface area contributed by atoms with Gasteiger partial charge in [0.25, 0.3) is 0 Å². The molecular weight excluding hydrogens is 565 g/mol. The Morgan fingerprint density at radius 1 is 1.09 bits per heavy atom. The number of fused-ring (bicyclic) bond motifs is 2. The monoisotopic (exact) mass is 598 g/mol. The molecule has 10 heteroatoms. The minimum atomic E-state index is -4.50. The highest BCUT2D eigenvalue weighted by Gasteiger charge is 2.30. The smallest absolute Gasteiger partial charge is 0.382 e. The number of nitrogen functional groups attached to an aromatic ring is 1. The van der Waals surface area contributed by atoms with Crippen molar-refractivity contribution in [3.05, 3.63) is 95.6 Å². The number of nitrogens with two attached hydrogens (primary N) is 1. The van der Waals surface area contributed by atoms with Crippen molar-refractivity contribution >= 4 is 39.3 Å². The van der Waals surface area contributed by atoms with Gasteiger partial charge in [0, 0.05) is 23.7 Å². The number of hydrogen-bond acceptors (Lipinski definition) is 5. The second-order valence-corrected chi connectivity index (χ2v) is 11.1. The fourth-order valence-corrected chi connectivity index (χ4v) is 6.07. The number of anilines is 2. The first kappa shape index (κ1) is 29.4. The SMILES string of the molecule is CCc1nc(-c2ccc(CC(=O)Nc3cccc(C(F)(F)F)c3)c3ccccc23)c2c(N)ncc(C3=CCC(NC)CC3)n12. The van der Waals surface area contributed by atoms with Crippen molar-refractivity contribution in [1.82, 2.24) is 19.7 Å². The van der Waals surface area contributed by atoms with Gasteiger partial charge in [-0.05, 0) is 66.4 Å². The molecule has 226 valence electrons. The first-order valence-corrected chi connectivity index (χ1v) is 14.7. The third-order valence-electron chi connectivity index (χ3n) is 8.31. The van der Waals surface area contributed by atoms with Crippen molar-refractivity contribution in [3.63, 3.8) is 0 Å². The Morgan fingerprint density at radius 3 is 2.59 bits per heavy atom. The zero-order chi connectivity index (χ0) is 31.0. The van der Waals surface area contributed by atoms with Gasteiger partial charge in [-0.25, -0.2) is 9.97 Å². The summed E-state index contributed by atoms with van der Waals surface area (Å²) in [5, 5.41) is 7.70. The van der Waals surface area contributed by atoms with Crippen LogP contribution in [0.5, 0.6) is 0 Å². The summed E-state index contributed by atoms with van der Waals surface area (Å²) in [5.74, 6) is 0.848. The molecule has 44 heavy (non-hydrogen) atoms. The number of imidazole rings is 1. The highest BCUT2D eigenvalue weighted by atomic mass is 19.4. The molecule has 6 rings (SSSR count). The van der Waals surface area contributed by atoms with Gasteiger partial charge in [-0.2, -0.15) is 13.2 Å². The number of amides is 1. The summed E-state index contributed by atoms with van der Waals surface area (Å²) >= 11 is 0. The van der Waals surface area contributed by atoms with Gasteiger partial charge in [0.1, 0.15) is 22.9 Å². The molecule has 1 aliphatic rings. The predicted molar refractivity (Wildman–Crippen MR) is 168 cm³/mol. The van der Waals surface area contributed by atoms with Crippen molar-refractivity contribution < 1.29 is 18.0 Å². The van der Waals surface area contributed by atoms with Crippen molar-refractivity contribution in [2.45, 2.75) is 51.2 Å². The van der Waals surface area contributed by atoms with Gasteiger partial charge in [0.15, 0.2) is 0 Å². The van der Waals surface area contributed by atoms with Gasteiger partial charge in [0.2, 0.25) is 5.91 Å². The standard InChI is InChI=1S/C34H33F3N6O/c1-3-29-42-31(32-33(38)40-19-28(43(29)32)20-11-14-23(39-2)15-12-20)27-16-13-21(25-9-4-5-10-26(25)27)17-30(44)41-24-8-6-7-22(18-24)34(35,36)37/h4-11,13,16,18-19,23,39H,3,12,14-15,17H2,1-2H3,(H2,38,40)(H,41,44). The Balaban J connectivity index is 1.39. The quantitative estimate of drug-likeness (QED) is 0.187. The van der Waals surface area contributed by atoms with E-state index in [0.717, 1.165) is 76.0 Å². The van der Waals surface area contributed by atoms with Gasteiger partial charge < -0.3 is 16.4 Å². The number of alkyl halides is 3. The molecule has 4 N–H and O–H groups in total. The predicted octanol–water partition coefficient (Wildman–Crippen LogP) is 7.05. The molecule has 0 fully saturated rings. The van der Waals surface area contributed by atoms with Crippen LogP contribution in [0, 0.1) is 0 Å². The Morgan fingerprint density at radius 2 is 1.89 bits per heavy atom. The first-order chi connectivity index (χ1) is 21.2. The topological polar surface area (TPSA) is 97.3 Å². The average Bonchev–Trinajstić information content (AvgIpc) is 3.42. The third kappa shape index (κ3) is 5.53. The lowest BCUT2D eigenvalue weighted by Crippen LogP contribution is -2.26. The van der Waals surface area contributed by atoms with Crippen LogP contribution in [-0.4, -0.2) is 33.4 Å². The lowest BCUT2D eigenvalue weighted by molar-refractivity contribution is -0.137. The summed E-state index contributed by atoms with van der Waals surface area (Å²) in [6, 6.07) is 16.6. The van der Waals surface area contributed by atoms with Crippen LogP contribution in [0.3, 0.4) is 0 Å². The summed E-state index contributed by atoms with van der Waals surface area (Å²) in [4.78, 5) is 22.7. The first-order valence-electron chi connectivity index (χ1n) is 14.7. The Kier molecular flexibility index (Phi) is 7.85. The molecule has 0 saturated heterocycles. The van der Waals surface area contributed by atoms with E-state index in [0.29, 0.717) is 18.3 Å². The zero-order valence-electron chi connectivity index (χ0n) is 24.5. The van der Waals surface area contributed by atoms with E-state index in [1.807, 2.05) is 49.6 Å². The van der Waals surface area contributed by atoms with E-state index in [4.69, 9.17) is 10.7 Å². The molecule has 2 aromatic heterocycles. The van der Waals surface area contributed by atoms with Crippen LogP contribution >= 0.6 is 0 Å². The molecule has 0 spiro atoms. The average molecular weight is 599 g/mol. The lowest BCUT2D eigenvalue weighted by Gasteiger charge is -2.22. The highest BCUT2D eigenvalue weighted by molar-refractivity contribution is 6.04. The zero-order valence-corrected chi connectivity index (χ0v) is 24.5. The number of nitrogens with one attached hydrogen (secondary N) is 2. The molecule has 1 unspecified atom stereocenters. The number of hydrogen-bond donors (Lipinski definition) is 3. The van der Waals surface area contributed by atoms with Crippen LogP contribution in [0.25, 0.3) is 33.1 Å². The number of aromatic nitrogens is 3. The van der Waals surface area contributed by atoms with Crippen LogP contribution in [-0.2, 0) is 23.8 Å². The molecule has 1 atom stereocenters. The molecule has 5 aromatic rings. The minimum Gasteiger partial charge on any atom is -0.382 e. The number of allylic oxidation sites excluding steroid dienone is 1. The Labute approximate surface area is 253 Å². The Hall–Kier alpha value is -4.70. The van der Waals surface area contributed by atoms with E-state index < -0.39 is 17.6 Å². The van der Waals surface area contributed by atoms with E-state index in [1.54, 1.807) is 0 Å². The number of benzene rings is 3. The molecule has 0 radical (unpaired) electrons. The number of nitrogens with zero attached hydrogens (tertiary/aromatic N) is 3. The van der Waals surface area contributed by atoms with E-state index in [9.17, 15) is 18.0 Å². The van der Waals surface area contributed by atoms with Gasteiger partial charge >= 0.3 is 6.18 Å². The van der Waals surface area contributed by atoms with E-state index in [-0.39, 0.29) is 12.1 Å². The van der Waals surface area contributed by atoms with Crippen molar-refractivity contribution in [2.24, 2.45) is 0 Å². The molecular formula is C34H33F3N6O. The van der Waals surface area contributed by atoms with E-state index in [2.05, 4.69) is 33.0 Å². The van der Waals surface area contributed by atoms with E-state index >= 15 is 0 Å². The molecule has 0 aliphatic heterocycles. The van der Waals surface area contributed by atoms with E-state index in [1.165, 1.54) is 17.7 Å². The van der Waals surface area contributed by atoms with Crippen LogP contribution in [0.1, 0.15) is 48.8 Å². The molecule has 0 bridgehead atoms. The molecule has 7 nitrogen and oxygen atoms in total. The Bertz CT molecular complexity index is 1910. The fraction of sp³-hybridized carbons (Fsp3) is 0.265. The number of carbonyl (C=O) groups excluding carboxylic acids is 1. The van der Waals surface area contributed by atoms with Gasteiger partial charge in [-0.15, -0.1) is 0 Å². The second kappa shape index (κ2) is 11.8. The van der Waals surface area contributed by atoms with Crippen molar-refractivity contribution in [1.29, 1.82) is 0 Å². The van der Waals surface area contributed by atoms with Gasteiger partial charge in [-0.1, -0.05) is 55.5 Å². The third-order valence-corrected chi connectivity index (χ3v) is 8.31. The minimum absolute atomic E-state index is 0.0171. The summed E-state index contributed by atoms with van der Waals surface area (Å²) in [5.41, 5.74) is 11.1. The maximum absolute atomic E-state index is 13.2. The van der Waals surface area contributed by atoms with Crippen LogP contribution in [0.4, 0.5) is 24.7 Å². The molecule has 2 heterocycles. The lowest BCUT2D eigenvalue weighted by atomic mass is 9.93. The van der Waals surface area contributed by atoms with Crippen LogP contribution in [0.15, 0.2) is 72.9 Å². The largest absolute Gasteiger partial charge is 0.416 e. The summed E-state index contributed by atoms with van der Waals surface area (Å²) in [6.45, 7) is 2.06.